The Hall–Kier alpha value is -2.89. The highest BCUT2D eigenvalue weighted by molar-refractivity contribution is 7.87. The molecule has 0 spiro atoms. The molecule has 0 N–H and O–H groups in total. The van der Waals surface area contributed by atoms with Gasteiger partial charge in [0.15, 0.2) is 0 Å². The first-order valence-corrected chi connectivity index (χ1v) is 10.5. The summed E-state index contributed by atoms with van der Waals surface area (Å²) in [5.74, 6) is 0. The van der Waals surface area contributed by atoms with E-state index in [9.17, 15) is 0 Å². The molecule has 0 aromatic heterocycles. The Bertz CT molecular complexity index is 907. The fraction of sp³-hybridized carbons (Fsp3) is 0. The maximum absolute atomic E-state index is 5.41. The van der Waals surface area contributed by atoms with Crippen LogP contribution in [0, 0.1) is 0 Å². The van der Waals surface area contributed by atoms with Crippen LogP contribution in [0.25, 0.3) is 0 Å². The minimum Gasteiger partial charge on any atom is -0.254 e. The van der Waals surface area contributed by atoms with Gasteiger partial charge in [-0.2, -0.15) is 0 Å². The third kappa shape index (κ3) is 3.14. The maximum atomic E-state index is 5.41. The van der Waals surface area contributed by atoms with E-state index < -0.39 is 7.05 Å². The molecule has 0 bridgehead atoms. The normalized spacial score (nSPS) is 11.1. The molecule has 0 aliphatic rings. The Morgan fingerprint density at radius 1 is 0.385 bits per heavy atom. The van der Waals surface area contributed by atoms with E-state index in [1.807, 2.05) is 6.07 Å². The van der Waals surface area contributed by atoms with Crippen LogP contribution >= 0.6 is 7.05 Å². The van der Waals surface area contributed by atoms with Crippen molar-refractivity contribution >= 4 is 28.7 Å². The number of benzene rings is 4. The Kier molecular flexibility index (Phi) is 4.82. The molecular weight excluding hydrogens is 333 g/mol. The Morgan fingerprint density at radius 3 is 1.04 bits per heavy atom. The monoisotopic (exact) mass is 353 g/mol. The van der Waals surface area contributed by atoms with E-state index >= 15 is 0 Å². The minimum atomic E-state index is -2.15. The van der Waals surface area contributed by atoms with E-state index in [1.165, 1.54) is 15.9 Å². The quantitative estimate of drug-likeness (QED) is 0.430. The molecule has 126 valence electrons. The molecule has 0 saturated carbocycles. The second-order valence-electron chi connectivity index (χ2n) is 6.08. The fourth-order valence-corrected chi connectivity index (χ4v) is 6.75. The molecule has 0 heterocycles. The van der Waals surface area contributed by atoms with E-state index in [0.29, 0.717) is 0 Å². The van der Waals surface area contributed by atoms with Crippen LogP contribution in [0.1, 0.15) is 0 Å². The maximum Gasteiger partial charge on any atom is 0.0625 e. The second kappa shape index (κ2) is 7.56. The van der Waals surface area contributed by atoms with E-state index in [0.717, 1.165) is 5.69 Å². The van der Waals surface area contributed by atoms with E-state index in [4.69, 9.17) is 4.74 Å². The van der Waals surface area contributed by atoms with Crippen molar-refractivity contribution in [3.8, 4) is 0 Å². The van der Waals surface area contributed by atoms with Crippen molar-refractivity contribution in [2.75, 3.05) is 0 Å². The summed E-state index contributed by atoms with van der Waals surface area (Å²) in [6, 6.07) is 42.4. The molecule has 0 atom stereocenters. The first-order chi connectivity index (χ1) is 12.9. The lowest BCUT2D eigenvalue weighted by molar-refractivity contribution is 1.55. The number of nitrogens with zero attached hydrogens (tertiary/aromatic N) is 1. The number of rotatable bonds is 4. The van der Waals surface area contributed by atoms with Gasteiger partial charge in [0.1, 0.15) is 0 Å². The van der Waals surface area contributed by atoms with Gasteiger partial charge in [0.25, 0.3) is 0 Å². The Morgan fingerprint density at radius 2 is 0.692 bits per heavy atom. The second-order valence-corrected chi connectivity index (χ2v) is 9.10. The SMILES string of the molecule is c1ccc(N=P(c2ccccc2)(c2ccccc2)c2ccccc2)cc1. The number of hydrogen-bond donors (Lipinski definition) is 0. The summed E-state index contributed by atoms with van der Waals surface area (Å²) >= 11 is 0. The van der Waals surface area contributed by atoms with Crippen molar-refractivity contribution in [3.05, 3.63) is 121 Å². The van der Waals surface area contributed by atoms with Gasteiger partial charge in [-0.25, -0.2) is 0 Å². The number of hydrogen-bond acceptors (Lipinski definition) is 1. The lowest BCUT2D eigenvalue weighted by atomic mass is 10.3. The van der Waals surface area contributed by atoms with Crippen molar-refractivity contribution in [1.29, 1.82) is 0 Å². The lowest BCUT2D eigenvalue weighted by Crippen LogP contribution is -2.25. The van der Waals surface area contributed by atoms with Crippen molar-refractivity contribution < 1.29 is 0 Å². The van der Waals surface area contributed by atoms with Crippen LogP contribution in [0.5, 0.6) is 0 Å². The minimum absolute atomic E-state index is 1.01. The zero-order valence-corrected chi connectivity index (χ0v) is 15.3. The molecule has 0 amide bonds. The first kappa shape index (κ1) is 16.6. The molecule has 0 aliphatic carbocycles. The third-order valence-corrected chi connectivity index (χ3v) is 8.08. The van der Waals surface area contributed by atoms with Crippen molar-refractivity contribution in [2.45, 2.75) is 0 Å². The summed E-state index contributed by atoms with van der Waals surface area (Å²) in [4.78, 5) is 0. The summed E-state index contributed by atoms with van der Waals surface area (Å²) in [7, 11) is -2.15. The van der Waals surface area contributed by atoms with E-state index in [1.54, 1.807) is 0 Å². The highest BCUT2D eigenvalue weighted by Crippen LogP contribution is 2.48. The van der Waals surface area contributed by atoms with E-state index in [-0.39, 0.29) is 0 Å². The molecule has 0 fully saturated rings. The highest BCUT2D eigenvalue weighted by Gasteiger charge is 2.27. The molecule has 1 nitrogen and oxygen atoms in total. The van der Waals surface area contributed by atoms with Gasteiger partial charge in [-0.3, -0.25) is 4.74 Å². The standard InChI is InChI=1S/C24H20NP/c1-5-13-21(14-6-1)25-26(22-15-7-2-8-16-22,23-17-9-3-10-18-23)24-19-11-4-12-20-24/h1-20H. The summed E-state index contributed by atoms with van der Waals surface area (Å²) in [6.45, 7) is 0. The fourth-order valence-electron chi connectivity index (χ4n) is 3.22. The van der Waals surface area contributed by atoms with Gasteiger partial charge in [-0.05, 0) is 12.1 Å². The molecular formula is C24H20NP. The van der Waals surface area contributed by atoms with Crippen molar-refractivity contribution in [1.82, 2.24) is 0 Å². The largest absolute Gasteiger partial charge is 0.254 e. The summed E-state index contributed by atoms with van der Waals surface area (Å²) in [5.41, 5.74) is 1.01. The van der Waals surface area contributed by atoms with Crippen molar-refractivity contribution in [3.63, 3.8) is 0 Å². The lowest BCUT2D eigenvalue weighted by Gasteiger charge is -2.27. The molecule has 0 unspecified atom stereocenters. The molecule has 26 heavy (non-hydrogen) atoms. The van der Waals surface area contributed by atoms with Crippen LogP contribution in [0.3, 0.4) is 0 Å². The third-order valence-electron chi connectivity index (χ3n) is 4.41. The molecule has 4 aromatic rings. The highest BCUT2D eigenvalue weighted by atomic mass is 31.2. The van der Waals surface area contributed by atoms with Crippen LogP contribution in [-0.4, -0.2) is 0 Å². The predicted octanol–water partition coefficient (Wildman–Crippen LogP) is 5.50. The average molecular weight is 353 g/mol. The Balaban J connectivity index is 2.13. The average Bonchev–Trinajstić information content (AvgIpc) is 2.75. The van der Waals surface area contributed by atoms with Crippen LogP contribution in [0.2, 0.25) is 0 Å². The van der Waals surface area contributed by atoms with Gasteiger partial charge in [0, 0.05) is 15.9 Å². The van der Waals surface area contributed by atoms with Gasteiger partial charge in [0.2, 0.25) is 0 Å². The topological polar surface area (TPSA) is 12.4 Å². The zero-order valence-electron chi connectivity index (χ0n) is 14.4. The predicted molar refractivity (Wildman–Crippen MR) is 114 cm³/mol. The van der Waals surface area contributed by atoms with Gasteiger partial charge < -0.3 is 0 Å². The van der Waals surface area contributed by atoms with Gasteiger partial charge in [-0.1, -0.05) is 109 Å². The van der Waals surface area contributed by atoms with Gasteiger partial charge in [0.05, 0.1) is 12.7 Å². The smallest absolute Gasteiger partial charge is 0.0625 e. The molecule has 0 radical (unpaired) electrons. The summed E-state index contributed by atoms with van der Waals surface area (Å²) in [5, 5.41) is 3.80. The van der Waals surface area contributed by atoms with Crippen molar-refractivity contribution in [2.24, 2.45) is 4.74 Å². The first-order valence-electron chi connectivity index (χ1n) is 8.74. The molecule has 0 saturated heterocycles. The zero-order chi connectivity index (χ0) is 17.7. The van der Waals surface area contributed by atoms with Gasteiger partial charge in [-0.15, -0.1) is 0 Å². The van der Waals surface area contributed by atoms with Crippen LogP contribution < -0.4 is 15.9 Å². The van der Waals surface area contributed by atoms with Crippen LogP contribution in [0.4, 0.5) is 5.69 Å². The summed E-state index contributed by atoms with van der Waals surface area (Å²) in [6.07, 6.45) is 0. The molecule has 0 aliphatic heterocycles. The molecule has 4 aromatic carbocycles. The summed E-state index contributed by atoms with van der Waals surface area (Å²) < 4.78 is 5.41. The Labute approximate surface area is 155 Å². The van der Waals surface area contributed by atoms with Gasteiger partial charge >= 0.3 is 0 Å². The molecule has 4 rings (SSSR count). The van der Waals surface area contributed by atoms with Crippen LogP contribution in [-0.2, 0) is 0 Å². The molecule has 2 heteroatoms. The van der Waals surface area contributed by atoms with E-state index in [2.05, 4.69) is 115 Å². The van der Waals surface area contributed by atoms with Crippen LogP contribution in [0.15, 0.2) is 126 Å².